The Bertz CT molecular complexity index is 740. The average Bonchev–Trinajstić information content (AvgIpc) is 2.66. The zero-order valence-corrected chi connectivity index (χ0v) is 28.2. The van der Waals surface area contributed by atoms with Crippen LogP contribution in [0.5, 0.6) is 0 Å². The molecule has 5 heteroatoms. The van der Waals surface area contributed by atoms with Gasteiger partial charge in [-0.15, -0.1) is 0 Å². The van der Waals surface area contributed by atoms with Gasteiger partial charge in [0.2, 0.25) is 0 Å². The fraction of sp³-hybridized carbons (Fsp3) is 0.941. The second kappa shape index (κ2) is 14.7. The van der Waals surface area contributed by atoms with E-state index in [1.807, 2.05) is 0 Å². The first-order valence-electron chi connectivity index (χ1n) is 15.8. The van der Waals surface area contributed by atoms with Crippen molar-refractivity contribution in [3.05, 3.63) is 0 Å². The van der Waals surface area contributed by atoms with Gasteiger partial charge in [-0.05, 0) is 76.0 Å². The topological polar surface area (TPSA) is 55.8 Å². The van der Waals surface area contributed by atoms with Crippen LogP contribution in [-0.2, 0) is 19.1 Å². The van der Waals surface area contributed by atoms with Crippen LogP contribution in [0.1, 0.15) is 154 Å². The summed E-state index contributed by atoms with van der Waals surface area (Å²) in [4.78, 5) is 28.3. The van der Waals surface area contributed by atoms with Crippen LogP contribution in [0.15, 0.2) is 0 Å². The van der Waals surface area contributed by atoms with Gasteiger partial charge in [0.15, 0.2) is 0 Å². The van der Waals surface area contributed by atoms with E-state index in [1.165, 1.54) is 0 Å². The molecule has 0 saturated carbocycles. The van der Waals surface area contributed by atoms with E-state index < -0.39 is 0 Å². The SMILES string of the molecule is CCCCCC(CN1C(C)(C)CC(OC(=O)CC(C)CC(C)(C)C)CC1(C)C)OC(=O)CC(C)CC(C)(C)C. The van der Waals surface area contributed by atoms with Crippen LogP contribution in [0.4, 0.5) is 0 Å². The number of esters is 2. The molecule has 1 aliphatic rings. The average molecular weight is 552 g/mol. The van der Waals surface area contributed by atoms with Crippen LogP contribution in [0.3, 0.4) is 0 Å². The van der Waals surface area contributed by atoms with Crippen LogP contribution >= 0.6 is 0 Å². The van der Waals surface area contributed by atoms with Gasteiger partial charge in [-0.3, -0.25) is 14.5 Å². The molecule has 0 bridgehead atoms. The summed E-state index contributed by atoms with van der Waals surface area (Å²) >= 11 is 0. The molecule has 0 radical (unpaired) electrons. The molecule has 0 amide bonds. The fourth-order valence-corrected chi connectivity index (χ4v) is 7.09. The maximum Gasteiger partial charge on any atom is 0.306 e. The molecule has 0 aliphatic carbocycles. The van der Waals surface area contributed by atoms with E-state index in [9.17, 15) is 9.59 Å². The zero-order valence-electron chi connectivity index (χ0n) is 28.2. The summed E-state index contributed by atoms with van der Waals surface area (Å²) in [7, 11) is 0. The second-order valence-corrected chi connectivity index (χ2v) is 16.5. The molecule has 3 atom stereocenters. The van der Waals surface area contributed by atoms with Gasteiger partial charge >= 0.3 is 11.9 Å². The minimum atomic E-state index is -0.182. The van der Waals surface area contributed by atoms with E-state index in [0.717, 1.165) is 51.4 Å². The summed E-state index contributed by atoms with van der Waals surface area (Å²) in [5.41, 5.74) is 0.0425. The highest BCUT2D eigenvalue weighted by molar-refractivity contribution is 5.70. The number of hydrogen-bond donors (Lipinski definition) is 0. The van der Waals surface area contributed by atoms with Crippen molar-refractivity contribution in [3.8, 4) is 0 Å². The maximum absolute atomic E-state index is 13.0. The number of likely N-dealkylation sites (tertiary alicyclic amines) is 1. The Kier molecular flexibility index (Phi) is 13.5. The van der Waals surface area contributed by atoms with Crippen molar-refractivity contribution in [2.75, 3.05) is 6.54 Å². The Morgan fingerprint density at radius 1 is 0.821 bits per heavy atom. The number of unbranched alkanes of at least 4 members (excludes halogenated alkanes) is 2. The van der Waals surface area contributed by atoms with Crippen molar-refractivity contribution in [2.45, 2.75) is 178 Å². The maximum atomic E-state index is 13.0. The summed E-state index contributed by atoms with van der Waals surface area (Å²) < 4.78 is 12.3. The molecule has 1 heterocycles. The van der Waals surface area contributed by atoms with Crippen LogP contribution in [0.2, 0.25) is 0 Å². The molecule has 1 fully saturated rings. The lowest BCUT2D eigenvalue weighted by Crippen LogP contribution is -2.64. The van der Waals surface area contributed by atoms with Crippen LogP contribution in [-0.4, -0.2) is 46.7 Å². The fourth-order valence-electron chi connectivity index (χ4n) is 7.09. The van der Waals surface area contributed by atoms with Gasteiger partial charge < -0.3 is 9.47 Å². The second-order valence-electron chi connectivity index (χ2n) is 16.5. The van der Waals surface area contributed by atoms with E-state index in [0.29, 0.717) is 31.2 Å². The highest BCUT2D eigenvalue weighted by Gasteiger charge is 2.47. The number of ether oxygens (including phenoxy) is 2. The van der Waals surface area contributed by atoms with E-state index >= 15 is 0 Å². The predicted molar refractivity (Wildman–Crippen MR) is 164 cm³/mol. The third kappa shape index (κ3) is 14.4. The number of carbonyl (C=O) groups excluding carboxylic acids is 2. The summed E-state index contributed by atoms with van der Waals surface area (Å²) in [6, 6.07) is 0. The van der Waals surface area contributed by atoms with Crippen molar-refractivity contribution in [1.82, 2.24) is 4.90 Å². The largest absolute Gasteiger partial charge is 0.462 e. The molecule has 5 nitrogen and oxygen atoms in total. The summed E-state index contributed by atoms with van der Waals surface area (Å²) in [5, 5.41) is 0. The number of rotatable bonds is 14. The molecule has 39 heavy (non-hydrogen) atoms. The minimum Gasteiger partial charge on any atom is -0.462 e. The Hall–Kier alpha value is -1.10. The minimum absolute atomic E-state index is 0.0722. The first-order chi connectivity index (χ1) is 17.6. The van der Waals surface area contributed by atoms with Crippen LogP contribution in [0, 0.1) is 22.7 Å². The smallest absolute Gasteiger partial charge is 0.306 e. The third-order valence-electron chi connectivity index (χ3n) is 7.98. The van der Waals surface area contributed by atoms with Crippen molar-refractivity contribution >= 4 is 11.9 Å². The van der Waals surface area contributed by atoms with Gasteiger partial charge in [-0.25, -0.2) is 0 Å². The lowest BCUT2D eigenvalue weighted by atomic mass is 9.77. The first-order valence-corrected chi connectivity index (χ1v) is 15.8. The molecule has 0 spiro atoms. The molecular weight excluding hydrogens is 486 g/mol. The molecular formula is C34H65NO4. The van der Waals surface area contributed by atoms with Gasteiger partial charge in [-0.1, -0.05) is 75.2 Å². The molecule has 230 valence electrons. The van der Waals surface area contributed by atoms with Crippen molar-refractivity contribution < 1.29 is 19.1 Å². The molecule has 0 N–H and O–H groups in total. The van der Waals surface area contributed by atoms with Gasteiger partial charge in [0, 0.05) is 43.3 Å². The van der Waals surface area contributed by atoms with Crippen LogP contribution < -0.4 is 0 Å². The molecule has 0 aromatic heterocycles. The quantitative estimate of drug-likeness (QED) is 0.159. The standard InChI is InChI=1S/C34H65NO4/c1-14-15-16-17-27(38-29(36)18-25(2)20-31(4,5)6)24-35-33(10,11)22-28(23-34(35,12)13)39-30(37)19-26(3)21-32(7,8)9/h25-28H,14-24H2,1-13H3. The van der Waals surface area contributed by atoms with Crippen molar-refractivity contribution in [1.29, 1.82) is 0 Å². The Morgan fingerprint density at radius 3 is 1.72 bits per heavy atom. The van der Waals surface area contributed by atoms with E-state index in [4.69, 9.17) is 9.47 Å². The van der Waals surface area contributed by atoms with Gasteiger partial charge in [0.05, 0.1) is 0 Å². The number of hydrogen-bond acceptors (Lipinski definition) is 5. The van der Waals surface area contributed by atoms with Gasteiger partial charge in [0.1, 0.15) is 12.2 Å². The normalized spacial score (nSPS) is 20.7. The first kappa shape index (κ1) is 35.9. The molecule has 0 aromatic rings. The number of piperidine rings is 1. The summed E-state index contributed by atoms with van der Waals surface area (Å²) in [5.74, 6) is 0.464. The molecule has 3 unspecified atom stereocenters. The van der Waals surface area contributed by atoms with E-state index in [1.54, 1.807) is 0 Å². The zero-order chi connectivity index (χ0) is 30.2. The Morgan fingerprint density at radius 2 is 1.28 bits per heavy atom. The van der Waals surface area contributed by atoms with Crippen molar-refractivity contribution in [3.63, 3.8) is 0 Å². The highest BCUT2D eigenvalue weighted by Crippen LogP contribution is 2.40. The Labute approximate surface area is 242 Å². The summed E-state index contributed by atoms with van der Waals surface area (Å²) in [6.07, 6.45) is 8.55. The lowest BCUT2D eigenvalue weighted by Gasteiger charge is -2.55. The molecule has 1 rings (SSSR count). The Balaban J connectivity index is 2.89. The van der Waals surface area contributed by atoms with Gasteiger partial charge in [0.25, 0.3) is 0 Å². The molecule has 1 saturated heterocycles. The van der Waals surface area contributed by atoms with E-state index in [-0.39, 0.29) is 46.1 Å². The highest BCUT2D eigenvalue weighted by atomic mass is 16.5. The lowest BCUT2D eigenvalue weighted by molar-refractivity contribution is -0.168. The molecule has 0 aromatic carbocycles. The predicted octanol–water partition coefficient (Wildman–Crippen LogP) is 8.97. The van der Waals surface area contributed by atoms with Crippen molar-refractivity contribution in [2.24, 2.45) is 22.7 Å². The molecule has 1 aliphatic heterocycles. The number of nitrogens with zero attached hydrogens (tertiary/aromatic N) is 1. The number of carbonyl (C=O) groups is 2. The van der Waals surface area contributed by atoms with Crippen LogP contribution in [0.25, 0.3) is 0 Å². The van der Waals surface area contributed by atoms with Gasteiger partial charge in [-0.2, -0.15) is 0 Å². The monoisotopic (exact) mass is 551 g/mol. The van der Waals surface area contributed by atoms with E-state index in [2.05, 4.69) is 94.9 Å². The third-order valence-corrected chi connectivity index (χ3v) is 7.98. The summed E-state index contributed by atoms with van der Waals surface area (Å²) in [6.45, 7) is 29.5.